The van der Waals surface area contributed by atoms with Crippen molar-refractivity contribution in [3.63, 3.8) is 0 Å². The summed E-state index contributed by atoms with van der Waals surface area (Å²) in [5, 5.41) is 5.26. The second-order valence-electron chi connectivity index (χ2n) is 7.23. The summed E-state index contributed by atoms with van der Waals surface area (Å²) >= 11 is 4.37. The van der Waals surface area contributed by atoms with E-state index in [1.807, 2.05) is 0 Å². The van der Waals surface area contributed by atoms with Crippen molar-refractivity contribution in [2.45, 2.75) is 31.1 Å². The van der Waals surface area contributed by atoms with E-state index in [4.69, 9.17) is 4.74 Å². The number of benzene rings is 1. The van der Waals surface area contributed by atoms with Gasteiger partial charge < -0.3 is 9.14 Å². The number of non-ortho nitro benzene ring substituents is 1. The van der Waals surface area contributed by atoms with E-state index in [9.17, 15) is 32.5 Å². The molecule has 0 aliphatic heterocycles. The average molecular weight is 509 g/mol. The Hall–Kier alpha value is -3.28. The van der Waals surface area contributed by atoms with Crippen LogP contribution in [0.5, 0.6) is 0 Å². The lowest BCUT2D eigenvalue weighted by Gasteiger charge is -2.30. The number of hydrogen-bond acceptors (Lipinski definition) is 4. The Morgan fingerprint density at radius 3 is 2.21 bits per heavy atom. The molecule has 0 amide bonds. The number of rotatable bonds is 7. The van der Waals surface area contributed by atoms with E-state index in [0.29, 0.717) is 5.56 Å². The number of alkyl halides is 7. The van der Waals surface area contributed by atoms with Crippen molar-refractivity contribution in [3.8, 4) is 11.3 Å². The molecule has 3 aromatic rings. The number of esters is 1. The van der Waals surface area contributed by atoms with Crippen LogP contribution in [0.3, 0.4) is 0 Å². The smallest absolute Gasteiger partial charge is 0.390 e. The third-order valence-corrected chi connectivity index (χ3v) is 5.23. The first-order valence-corrected chi connectivity index (χ1v) is 9.92. The van der Waals surface area contributed by atoms with Crippen LogP contribution in [-0.4, -0.2) is 33.2 Å². The van der Waals surface area contributed by atoms with Crippen molar-refractivity contribution in [3.05, 3.63) is 69.4 Å². The maximum atomic E-state index is 15.3. The number of carbonyl (C=O) groups is 1. The van der Waals surface area contributed by atoms with Crippen molar-refractivity contribution >= 4 is 28.8 Å². The van der Waals surface area contributed by atoms with Crippen molar-refractivity contribution in [1.29, 1.82) is 0 Å². The molecular formula is C21H15ClF6N2O4. The van der Waals surface area contributed by atoms with E-state index < -0.39 is 50.6 Å². The van der Waals surface area contributed by atoms with Gasteiger partial charge in [0.05, 0.1) is 33.9 Å². The molecule has 34 heavy (non-hydrogen) atoms. The van der Waals surface area contributed by atoms with Crippen molar-refractivity contribution in [2.24, 2.45) is 0 Å². The SMILES string of the molecule is CCOC(=O)c1c(C(F)(F)C(F)(F)C(F)(F)Cl)c(-c2ccc([N+](=O)[O-])cc2)n2ccc(C)cc12. The van der Waals surface area contributed by atoms with Crippen LogP contribution in [0.2, 0.25) is 0 Å². The predicted octanol–water partition coefficient (Wildman–Crippen LogP) is 6.56. The second-order valence-corrected chi connectivity index (χ2v) is 7.70. The Morgan fingerprint density at radius 1 is 1.12 bits per heavy atom. The molecule has 0 radical (unpaired) electrons. The van der Waals surface area contributed by atoms with Gasteiger partial charge in [0.2, 0.25) is 0 Å². The van der Waals surface area contributed by atoms with E-state index in [2.05, 4.69) is 11.6 Å². The topological polar surface area (TPSA) is 73.8 Å². The van der Waals surface area contributed by atoms with Crippen LogP contribution >= 0.6 is 11.6 Å². The van der Waals surface area contributed by atoms with Gasteiger partial charge in [-0.3, -0.25) is 10.1 Å². The molecule has 182 valence electrons. The first kappa shape index (κ1) is 25.3. The molecule has 0 bridgehead atoms. The molecule has 0 aliphatic carbocycles. The normalized spacial score (nSPS) is 12.7. The molecule has 0 spiro atoms. The number of nitrogens with zero attached hydrogens (tertiary/aromatic N) is 2. The highest BCUT2D eigenvalue weighted by Crippen LogP contribution is 2.56. The van der Waals surface area contributed by atoms with E-state index in [-0.39, 0.29) is 17.7 Å². The summed E-state index contributed by atoms with van der Waals surface area (Å²) in [6.45, 7) is 2.52. The highest BCUT2D eigenvalue weighted by atomic mass is 35.5. The quantitative estimate of drug-likeness (QED) is 0.119. The number of aryl methyl sites for hydroxylation is 1. The fourth-order valence-corrected chi connectivity index (χ4v) is 3.55. The van der Waals surface area contributed by atoms with Gasteiger partial charge in [-0.25, -0.2) is 4.79 Å². The van der Waals surface area contributed by atoms with Crippen LogP contribution in [0.1, 0.15) is 28.4 Å². The summed E-state index contributed by atoms with van der Waals surface area (Å²) in [4.78, 5) is 22.8. The van der Waals surface area contributed by atoms with Crippen LogP contribution in [0.15, 0.2) is 42.6 Å². The zero-order chi connectivity index (χ0) is 25.6. The Morgan fingerprint density at radius 2 is 1.71 bits per heavy atom. The number of pyridine rings is 1. The van der Waals surface area contributed by atoms with Crippen LogP contribution in [0.4, 0.5) is 32.0 Å². The van der Waals surface area contributed by atoms with E-state index in [0.717, 1.165) is 28.7 Å². The molecule has 1 aromatic carbocycles. The summed E-state index contributed by atoms with van der Waals surface area (Å²) < 4.78 is 92.2. The average Bonchev–Trinajstić information content (AvgIpc) is 3.08. The minimum Gasteiger partial charge on any atom is -0.462 e. The molecule has 0 atom stereocenters. The van der Waals surface area contributed by atoms with Crippen molar-refractivity contribution < 1.29 is 40.8 Å². The zero-order valence-electron chi connectivity index (χ0n) is 17.4. The number of aromatic nitrogens is 1. The first-order valence-electron chi connectivity index (χ1n) is 9.54. The number of halogens is 7. The van der Waals surface area contributed by atoms with Gasteiger partial charge >= 0.3 is 23.2 Å². The highest BCUT2D eigenvalue weighted by Gasteiger charge is 2.73. The number of ether oxygens (including phenoxy) is 1. The molecule has 13 heteroatoms. The molecule has 0 aliphatic rings. The van der Waals surface area contributed by atoms with E-state index in [1.54, 1.807) is 0 Å². The number of hydrogen-bond donors (Lipinski definition) is 0. The third kappa shape index (κ3) is 3.95. The molecule has 0 saturated carbocycles. The molecule has 0 fully saturated rings. The fourth-order valence-electron chi connectivity index (χ4n) is 3.44. The largest absolute Gasteiger partial charge is 0.462 e. The predicted molar refractivity (Wildman–Crippen MR) is 110 cm³/mol. The Balaban J connectivity index is 2.52. The number of carbonyl (C=O) groups excluding carboxylic acids is 1. The molecule has 0 N–H and O–H groups in total. The molecule has 6 nitrogen and oxygen atoms in total. The summed E-state index contributed by atoms with van der Waals surface area (Å²) in [6, 6.07) is 6.34. The number of nitro groups is 1. The van der Waals surface area contributed by atoms with Crippen LogP contribution in [0, 0.1) is 17.0 Å². The van der Waals surface area contributed by atoms with Crippen molar-refractivity contribution in [1.82, 2.24) is 4.40 Å². The number of fused-ring (bicyclic) bond motifs is 1. The summed E-state index contributed by atoms with van der Waals surface area (Å²) in [7, 11) is 0. The lowest BCUT2D eigenvalue weighted by Crippen LogP contribution is -2.50. The Kier molecular flexibility index (Phi) is 6.33. The molecule has 2 aromatic heterocycles. The molecule has 0 unspecified atom stereocenters. The molecule has 0 saturated heterocycles. The van der Waals surface area contributed by atoms with Gasteiger partial charge in [0, 0.05) is 18.3 Å². The lowest BCUT2D eigenvalue weighted by molar-refractivity contribution is -0.384. The summed E-state index contributed by atoms with van der Waals surface area (Å²) in [5.74, 6) is -13.3. The first-order chi connectivity index (χ1) is 15.6. The zero-order valence-corrected chi connectivity index (χ0v) is 18.2. The molecular weight excluding hydrogens is 494 g/mol. The van der Waals surface area contributed by atoms with E-state index >= 15 is 8.78 Å². The second kappa shape index (κ2) is 8.49. The van der Waals surface area contributed by atoms with E-state index in [1.165, 1.54) is 32.2 Å². The van der Waals surface area contributed by atoms with Gasteiger partial charge in [-0.1, -0.05) is 0 Å². The number of nitro benzene ring substituents is 1. The minimum atomic E-state index is -6.14. The maximum Gasteiger partial charge on any atom is 0.390 e. The molecule has 3 rings (SSSR count). The Bertz CT molecular complexity index is 1270. The summed E-state index contributed by atoms with van der Waals surface area (Å²) in [6.07, 6.45) is 1.17. The van der Waals surface area contributed by atoms with Gasteiger partial charge in [0.1, 0.15) is 0 Å². The maximum absolute atomic E-state index is 15.3. The highest BCUT2D eigenvalue weighted by molar-refractivity contribution is 6.22. The van der Waals surface area contributed by atoms with Crippen LogP contribution in [-0.2, 0) is 10.7 Å². The Labute approximate surface area is 192 Å². The van der Waals surface area contributed by atoms with Crippen LogP contribution < -0.4 is 0 Å². The van der Waals surface area contributed by atoms with Gasteiger partial charge in [-0.15, -0.1) is 0 Å². The molecule has 2 heterocycles. The summed E-state index contributed by atoms with van der Waals surface area (Å²) in [5.41, 5.74) is -4.22. The van der Waals surface area contributed by atoms with Crippen LogP contribution in [0.25, 0.3) is 16.8 Å². The van der Waals surface area contributed by atoms with Gasteiger partial charge in [0.25, 0.3) is 5.69 Å². The third-order valence-electron chi connectivity index (χ3n) is 4.99. The fraction of sp³-hybridized carbons (Fsp3) is 0.286. The van der Waals surface area contributed by atoms with Gasteiger partial charge in [-0.05, 0) is 60.8 Å². The minimum absolute atomic E-state index is 0.289. The van der Waals surface area contributed by atoms with Crippen molar-refractivity contribution in [2.75, 3.05) is 6.61 Å². The monoisotopic (exact) mass is 508 g/mol. The van der Waals surface area contributed by atoms with Gasteiger partial charge in [0.15, 0.2) is 0 Å². The van der Waals surface area contributed by atoms with Gasteiger partial charge in [-0.2, -0.15) is 26.3 Å². The standard InChI is InChI=1S/C21H15ClF6N2O4/c1-3-34-18(31)15-14-10-11(2)8-9-29(14)17(12-4-6-13(7-5-12)30(32)33)16(15)19(23,24)20(25,26)21(22,27)28/h4-10H,3H2,1-2H3. The lowest BCUT2D eigenvalue weighted by atomic mass is 9.94.